The molecule has 118 valence electrons. The maximum atomic E-state index is 12.2. The number of nitrogens with zero attached hydrogens (tertiary/aromatic N) is 1. The Balaban J connectivity index is 1.66. The van der Waals surface area contributed by atoms with Crippen molar-refractivity contribution in [2.24, 2.45) is 0 Å². The number of amides is 1. The van der Waals surface area contributed by atoms with E-state index in [1.165, 1.54) is 13.2 Å². The number of phenolic OH excluding ortho intramolecular Hbond substituents is 1. The van der Waals surface area contributed by atoms with Gasteiger partial charge in [-0.05, 0) is 35.2 Å². The molecule has 1 aromatic carbocycles. The summed E-state index contributed by atoms with van der Waals surface area (Å²) in [5.74, 6) is 0.170. The topological polar surface area (TPSA) is 87.2 Å². The van der Waals surface area contributed by atoms with Gasteiger partial charge in [0, 0.05) is 6.54 Å². The zero-order valence-electron chi connectivity index (χ0n) is 12.4. The molecule has 0 saturated carbocycles. The maximum absolute atomic E-state index is 12.2. The second-order valence-corrected chi connectivity index (χ2v) is 5.78. The highest BCUT2D eigenvalue weighted by Crippen LogP contribution is 2.26. The van der Waals surface area contributed by atoms with Crippen LogP contribution in [-0.4, -0.2) is 28.3 Å². The average Bonchev–Trinajstić information content (AvgIpc) is 3.24. The molecule has 0 unspecified atom stereocenters. The van der Waals surface area contributed by atoms with Crippen molar-refractivity contribution < 1.29 is 14.6 Å². The number of nitrogens with one attached hydrogen (secondary N) is 2. The predicted molar refractivity (Wildman–Crippen MR) is 87.7 cm³/mol. The summed E-state index contributed by atoms with van der Waals surface area (Å²) in [5.41, 5.74) is 1.97. The summed E-state index contributed by atoms with van der Waals surface area (Å²) in [5, 5.41) is 21.2. The Hall–Kier alpha value is -2.80. The largest absolute Gasteiger partial charge is 0.504 e. The fraction of sp³-hybridized carbons (Fsp3) is 0.125. The summed E-state index contributed by atoms with van der Waals surface area (Å²) in [6, 6.07) is 10.6. The van der Waals surface area contributed by atoms with E-state index in [1.807, 2.05) is 17.5 Å². The third-order valence-electron chi connectivity index (χ3n) is 3.29. The molecule has 3 N–H and O–H groups in total. The van der Waals surface area contributed by atoms with Crippen molar-refractivity contribution in [3.05, 3.63) is 53.0 Å². The van der Waals surface area contributed by atoms with Gasteiger partial charge in [-0.2, -0.15) is 5.10 Å². The number of benzene rings is 1. The van der Waals surface area contributed by atoms with Gasteiger partial charge in [0.1, 0.15) is 0 Å². The number of ether oxygens (including phenoxy) is 1. The fourth-order valence-corrected chi connectivity index (χ4v) is 2.79. The van der Waals surface area contributed by atoms with Gasteiger partial charge in [0.05, 0.1) is 17.7 Å². The standard InChI is InChI=1S/C16H15N3O3S/c1-22-14-7-10(4-5-13(14)20)9-17-16(21)12-8-11(18-19-12)15-3-2-6-23-15/h2-8,20H,9H2,1H3,(H,17,21)(H,18,19). The number of H-pyrrole nitrogens is 1. The zero-order chi connectivity index (χ0) is 16.2. The number of hydrogen-bond acceptors (Lipinski definition) is 5. The molecule has 0 radical (unpaired) electrons. The van der Waals surface area contributed by atoms with Crippen molar-refractivity contribution in [3.63, 3.8) is 0 Å². The number of carbonyl (C=O) groups excluding carboxylic acids is 1. The van der Waals surface area contributed by atoms with E-state index >= 15 is 0 Å². The molecule has 0 bridgehead atoms. The molecule has 2 heterocycles. The van der Waals surface area contributed by atoms with Gasteiger partial charge in [-0.25, -0.2) is 0 Å². The maximum Gasteiger partial charge on any atom is 0.272 e. The van der Waals surface area contributed by atoms with E-state index in [0.29, 0.717) is 18.0 Å². The highest BCUT2D eigenvalue weighted by molar-refractivity contribution is 7.13. The van der Waals surface area contributed by atoms with Crippen LogP contribution in [0.3, 0.4) is 0 Å². The van der Waals surface area contributed by atoms with Crippen molar-refractivity contribution in [1.82, 2.24) is 15.5 Å². The van der Waals surface area contributed by atoms with Gasteiger partial charge < -0.3 is 15.2 Å². The fourth-order valence-electron chi connectivity index (χ4n) is 2.10. The minimum Gasteiger partial charge on any atom is -0.504 e. The molecular weight excluding hydrogens is 314 g/mol. The number of aromatic hydroxyl groups is 1. The van der Waals surface area contributed by atoms with Crippen LogP contribution in [0.5, 0.6) is 11.5 Å². The van der Waals surface area contributed by atoms with Crippen LogP contribution in [-0.2, 0) is 6.54 Å². The van der Waals surface area contributed by atoms with Crippen LogP contribution in [0.2, 0.25) is 0 Å². The molecule has 1 amide bonds. The summed E-state index contributed by atoms with van der Waals surface area (Å²) < 4.78 is 5.04. The van der Waals surface area contributed by atoms with Gasteiger partial charge in [-0.15, -0.1) is 11.3 Å². The molecule has 0 aliphatic carbocycles. The van der Waals surface area contributed by atoms with Crippen molar-refractivity contribution in [3.8, 4) is 22.1 Å². The zero-order valence-corrected chi connectivity index (χ0v) is 13.2. The first kappa shape index (κ1) is 15.1. The van der Waals surface area contributed by atoms with Gasteiger partial charge in [0.25, 0.3) is 5.91 Å². The van der Waals surface area contributed by atoms with Crippen LogP contribution >= 0.6 is 11.3 Å². The van der Waals surface area contributed by atoms with E-state index < -0.39 is 0 Å². The quantitative estimate of drug-likeness (QED) is 0.672. The first-order valence-electron chi connectivity index (χ1n) is 6.90. The van der Waals surface area contributed by atoms with E-state index in [4.69, 9.17) is 4.74 Å². The Labute approximate surface area is 136 Å². The van der Waals surface area contributed by atoms with Crippen LogP contribution < -0.4 is 10.1 Å². The second kappa shape index (κ2) is 6.53. The van der Waals surface area contributed by atoms with Crippen molar-refractivity contribution in [2.45, 2.75) is 6.54 Å². The lowest BCUT2D eigenvalue weighted by atomic mass is 10.2. The molecule has 7 heteroatoms. The van der Waals surface area contributed by atoms with E-state index in [2.05, 4.69) is 15.5 Å². The lowest BCUT2D eigenvalue weighted by Crippen LogP contribution is -2.23. The molecule has 23 heavy (non-hydrogen) atoms. The normalized spacial score (nSPS) is 10.5. The van der Waals surface area contributed by atoms with Crippen LogP contribution in [0.1, 0.15) is 16.1 Å². The van der Waals surface area contributed by atoms with Crippen molar-refractivity contribution in [2.75, 3.05) is 7.11 Å². The first-order valence-corrected chi connectivity index (χ1v) is 7.78. The molecule has 0 fully saturated rings. The minimum atomic E-state index is -0.268. The van der Waals surface area contributed by atoms with Crippen LogP contribution in [0.4, 0.5) is 0 Å². The van der Waals surface area contributed by atoms with Crippen molar-refractivity contribution >= 4 is 17.2 Å². The Morgan fingerprint density at radius 1 is 1.39 bits per heavy atom. The highest BCUT2D eigenvalue weighted by atomic mass is 32.1. The van der Waals surface area contributed by atoms with E-state index in [-0.39, 0.29) is 11.7 Å². The lowest BCUT2D eigenvalue weighted by Gasteiger charge is -2.07. The number of hydrogen-bond donors (Lipinski definition) is 3. The Bertz CT molecular complexity index is 812. The van der Waals surface area contributed by atoms with Gasteiger partial charge in [0.15, 0.2) is 17.2 Å². The van der Waals surface area contributed by atoms with E-state index in [1.54, 1.807) is 29.5 Å². The number of phenols is 1. The SMILES string of the molecule is COc1cc(CNC(=O)c2cc(-c3cccs3)[nH]n2)ccc1O. The molecule has 0 atom stereocenters. The molecule has 3 rings (SSSR count). The summed E-state index contributed by atoms with van der Waals surface area (Å²) in [4.78, 5) is 13.2. The lowest BCUT2D eigenvalue weighted by molar-refractivity contribution is 0.0946. The monoisotopic (exact) mass is 329 g/mol. The molecule has 0 aliphatic rings. The number of methoxy groups -OCH3 is 1. The number of aromatic nitrogens is 2. The van der Waals surface area contributed by atoms with Crippen molar-refractivity contribution in [1.29, 1.82) is 0 Å². The molecule has 6 nitrogen and oxygen atoms in total. The molecule has 0 aliphatic heterocycles. The first-order chi connectivity index (χ1) is 11.2. The predicted octanol–water partition coefficient (Wildman–Crippen LogP) is 2.78. The van der Waals surface area contributed by atoms with Gasteiger partial charge in [-0.1, -0.05) is 12.1 Å². The second-order valence-electron chi connectivity index (χ2n) is 4.83. The van der Waals surface area contributed by atoms with Gasteiger partial charge in [-0.3, -0.25) is 9.89 Å². The molecule has 0 spiro atoms. The Kier molecular flexibility index (Phi) is 4.29. The van der Waals surface area contributed by atoms with Crippen LogP contribution in [0, 0.1) is 0 Å². The number of aromatic amines is 1. The number of rotatable bonds is 5. The van der Waals surface area contributed by atoms with Crippen LogP contribution in [0.15, 0.2) is 41.8 Å². The summed E-state index contributed by atoms with van der Waals surface area (Å²) in [6.07, 6.45) is 0. The van der Waals surface area contributed by atoms with E-state index in [0.717, 1.165) is 16.1 Å². The molecule has 0 saturated heterocycles. The highest BCUT2D eigenvalue weighted by Gasteiger charge is 2.12. The Morgan fingerprint density at radius 3 is 3.00 bits per heavy atom. The number of thiophene rings is 1. The minimum absolute atomic E-state index is 0.0652. The summed E-state index contributed by atoms with van der Waals surface area (Å²) in [7, 11) is 1.48. The molecular formula is C16H15N3O3S. The summed E-state index contributed by atoms with van der Waals surface area (Å²) in [6.45, 7) is 0.316. The molecule has 2 aromatic heterocycles. The Morgan fingerprint density at radius 2 is 2.26 bits per heavy atom. The van der Waals surface area contributed by atoms with E-state index in [9.17, 15) is 9.90 Å². The number of carbonyl (C=O) groups is 1. The van der Waals surface area contributed by atoms with Gasteiger partial charge >= 0.3 is 0 Å². The third-order valence-corrected chi connectivity index (χ3v) is 4.20. The van der Waals surface area contributed by atoms with Crippen LogP contribution in [0.25, 0.3) is 10.6 Å². The van der Waals surface area contributed by atoms with Gasteiger partial charge in [0.2, 0.25) is 0 Å². The third kappa shape index (κ3) is 3.35. The average molecular weight is 329 g/mol. The summed E-state index contributed by atoms with van der Waals surface area (Å²) >= 11 is 1.58. The molecule has 3 aromatic rings. The smallest absolute Gasteiger partial charge is 0.272 e.